The van der Waals surface area contributed by atoms with E-state index >= 15 is 0 Å². The smallest absolute Gasteiger partial charge is 0.261 e. The molecule has 0 fully saturated rings. The van der Waals surface area contributed by atoms with Gasteiger partial charge >= 0.3 is 0 Å². The highest BCUT2D eigenvalue weighted by Crippen LogP contribution is 2.22. The Morgan fingerprint density at radius 3 is 2.37 bits per heavy atom. The Labute approximate surface area is 177 Å². The number of amides is 1. The van der Waals surface area contributed by atoms with Crippen molar-refractivity contribution in [2.45, 2.75) is 25.7 Å². The van der Waals surface area contributed by atoms with Crippen LogP contribution >= 0.6 is 0 Å². The zero-order valence-electron chi connectivity index (χ0n) is 17.1. The molecule has 0 radical (unpaired) electrons. The first kappa shape index (κ1) is 21.4. The summed E-state index contributed by atoms with van der Waals surface area (Å²) in [5, 5.41) is 2.88. The number of hydrogen-bond acceptors (Lipinski definition) is 4. The standard InChI is InChI=1S/C23H24N2O4S/c1-4-29-20-11-13-21(14-12-20)30(27,28)25-19-9-6-8-18(15-19)23(26)24-22-10-5-7-16(2)17(22)3/h5-15,25H,4H2,1-3H3,(H,24,26). The van der Waals surface area contributed by atoms with Crippen molar-refractivity contribution >= 4 is 27.3 Å². The first-order valence-electron chi connectivity index (χ1n) is 9.53. The van der Waals surface area contributed by atoms with Gasteiger partial charge in [0.15, 0.2) is 0 Å². The van der Waals surface area contributed by atoms with Gasteiger partial charge in [-0.05, 0) is 80.4 Å². The molecular weight excluding hydrogens is 400 g/mol. The number of rotatable bonds is 7. The van der Waals surface area contributed by atoms with Crippen LogP contribution in [0, 0.1) is 13.8 Å². The van der Waals surface area contributed by atoms with Gasteiger partial charge in [-0.2, -0.15) is 0 Å². The van der Waals surface area contributed by atoms with Gasteiger partial charge in [-0.25, -0.2) is 8.42 Å². The van der Waals surface area contributed by atoms with Gasteiger partial charge < -0.3 is 10.1 Å². The number of carbonyl (C=O) groups is 1. The van der Waals surface area contributed by atoms with Crippen molar-refractivity contribution in [1.82, 2.24) is 0 Å². The van der Waals surface area contributed by atoms with Gasteiger partial charge in [-0.3, -0.25) is 9.52 Å². The van der Waals surface area contributed by atoms with E-state index in [1.54, 1.807) is 30.3 Å². The van der Waals surface area contributed by atoms with Crippen molar-refractivity contribution in [3.63, 3.8) is 0 Å². The van der Waals surface area contributed by atoms with Crippen LogP contribution in [0.15, 0.2) is 71.6 Å². The molecule has 0 unspecified atom stereocenters. The third-order valence-electron chi connectivity index (χ3n) is 4.67. The molecule has 1 amide bonds. The Balaban J connectivity index is 1.77. The second kappa shape index (κ2) is 9.00. The third kappa shape index (κ3) is 4.99. The summed E-state index contributed by atoms with van der Waals surface area (Å²) in [4.78, 5) is 12.8. The quantitative estimate of drug-likeness (QED) is 0.573. The molecule has 30 heavy (non-hydrogen) atoms. The maximum Gasteiger partial charge on any atom is 0.261 e. The highest BCUT2D eigenvalue weighted by molar-refractivity contribution is 7.92. The Morgan fingerprint density at radius 1 is 0.967 bits per heavy atom. The zero-order chi connectivity index (χ0) is 21.7. The van der Waals surface area contributed by atoms with Gasteiger partial charge in [0.05, 0.1) is 11.5 Å². The van der Waals surface area contributed by atoms with Crippen molar-refractivity contribution in [1.29, 1.82) is 0 Å². The van der Waals surface area contributed by atoms with Crippen LogP contribution < -0.4 is 14.8 Å². The van der Waals surface area contributed by atoms with E-state index < -0.39 is 10.0 Å². The average Bonchev–Trinajstić information content (AvgIpc) is 2.72. The molecule has 7 heteroatoms. The van der Waals surface area contributed by atoms with Gasteiger partial charge in [0, 0.05) is 16.9 Å². The predicted octanol–water partition coefficient (Wildman–Crippen LogP) is 4.76. The minimum Gasteiger partial charge on any atom is -0.494 e. The summed E-state index contributed by atoms with van der Waals surface area (Å²) in [5.74, 6) is 0.285. The number of anilines is 2. The van der Waals surface area contributed by atoms with E-state index in [1.165, 1.54) is 18.2 Å². The van der Waals surface area contributed by atoms with E-state index in [1.807, 2.05) is 39.0 Å². The second-order valence-corrected chi connectivity index (χ2v) is 8.47. The molecule has 0 heterocycles. The zero-order valence-corrected chi connectivity index (χ0v) is 17.9. The monoisotopic (exact) mass is 424 g/mol. The number of sulfonamides is 1. The van der Waals surface area contributed by atoms with Crippen LogP contribution in [0.1, 0.15) is 28.4 Å². The molecule has 0 atom stereocenters. The Morgan fingerprint density at radius 2 is 1.67 bits per heavy atom. The largest absolute Gasteiger partial charge is 0.494 e. The summed E-state index contributed by atoms with van der Waals surface area (Å²) < 4.78 is 33.2. The predicted molar refractivity (Wildman–Crippen MR) is 119 cm³/mol. The first-order chi connectivity index (χ1) is 14.3. The number of hydrogen-bond donors (Lipinski definition) is 2. The van der Waals surface area contributed by atoms with Crippen LogP contribution in [0.3, 0.4) is 0 Å². The highest BCUT2D eigenvalue weighted by Gasteiger charge is 2.16. The topological polar surface area (TPSA) is 84.5 Å². The molecule has 0 bridgehead atoms. The van der Waals surface area contributed by atoms with Crippen LogP contribution in [0.4, 0.5) is 11.4 Å². The van der Waals surface area contributed by atoms with Crippen LogP contribution in [0.25, 0.3) is 0 Å². The molecule has 0 aliphatic rings. The van der Waals surface area contributed by atoms with Crippen LogP contribution in [-0.4, -0.2) is 20.9 Å². The molecular formula is C23H24N2O4S. The lowest BCUT2D eigenvalue weighted by molar-refractivity contribution is 0.102. The molecule has 3 rings (SSSR count). The van der Waals surface area contributed by atoms with Crippen molar-refractivity contribution in [2.75, 3.05) is 16.6 Å². The van der Waals surface area contributed by atoms with Crippen LogP contribution in [0.2, 0.25) is 0 Å². The Hall–Kier alpha value is -3.32. The van der Waals surface area contributed by atoms with E-state index in [4.69, 9.17) is 4.74 Å². The molecule has 0 saturated carbocycles. The van der Waals surface area contributed by atoms with Gasteiger partial charge in [0.25, 0.3) is 15.9 Å². The fraction of sp³-hybridized carbons (Fsp3) is 0.174. The van der Waals surface area contributed by atoms with Crippen molar-refractivity contribution < 1.29 is 17.9 Å². The highest BCUT2D eigenvalue weighted by atomic mass is 32.2. The Kier molecular flexibility index (Phi) is 6.42. The second-order valence-electron chi connectivity index (χ2n) is 6.79. The summed E-state index contributed by atoms with van der Waals surface area (Å²) in [6, 6.07) is 18.2. The molecule has 0 aliphatic heterocycles. The molecule has 0 saturated heterocycles. The lowest BCUT2D eigenvalue weighted by atomic mass is 10.1. The lowest BCUT2D eigenvalue weighted by Crippen LogP contribution is -2.15. The molecule has 0 spiro atoms. The molecule has 0 aromatic heterocycles. The van der Waals surface area contributed by atoms with Crippen molar-refractivity contribution in [3.05, 3.63) is 83.4 Å². The normalized spacial score (nSPS) is 11.0. The maximum absolute atomic E-state index is 12.7. The minimum absolute atomic E-state index is 0.108. The SMILES string of the molecule is CCOc1ccc(S(=O)(=O)Nc2cccc(C(=O)Nc3cccc(C)c3C)c2)cc1. The first-order valence-corrected chi connectivity index (χ1v) is 11.0. The summed E-state index contributed by atoms with van der Waals surface area (Å²) in [5.41, 5.74) is 3.43. The van der Waals surface area contributed by atoms with E-state index in [-0.39, 0.29) is 10.8 Å². The fourth-order valence-electron chi connectivity index (χ4n) is 2.90. The number of nitrogens with one attached hydrogen (secondary N) is 2. The molecule has 3 aromatic carbocycles. The van der Waals surface area contributed by atoms with Crippen LogP contribution in [0.5, 0.6) is 5.75 Å². The fourth-order valence-corrected chi connectivity index (χ4v) is 3.95. The van der Waals surface area contributed by atoms with E-state index in [0.29, 0.717) is 23.6 Å². The molecule has 156 valence electrons. The Bertz CT molecular complexity index is 1160. The van der Waals surface area contributed by atoms with Gasteiger partial charge in [0.2, 0.25) is 0 Å². The number of benzene rings is 3. The average molecular weight is 425 g/mol. The lowest BCUT2D eigenvalue weighted by Gasteiger charge is -2.12. The van der Waals surface area contributed by atoms with Gasteiger partial charge in [0.1, 0.15) is 5.75 Å². The van der Waals surface area contributed by atoms with Crippen molar-refractivity contribution in [3.8, 4) is 5.75 Å². The summed E-state index contributed by atoms with van der Waals surface area (Å²) in [7, 11) is -3.80. The number of ether oxygens (including phenoxy) is 1. The molecule has 2 N–H and O–H groups in total. The summed E-state index contributed by atoms with van der Waals surface area (Å²) in [6.07, 6.45) is 0. The minimum atomic E-state index is -3.80. The number of aryl methyl sites for hydroxylation is 1. The van der Waals surface area contributed by atoms with Gasteiger partial charge in [-0.15, -0.1) is 0 Å². The van der Waals surface area contributed by atoms with Crippen molar-refractivity contribution in [2.24, 2.45) is 0 Å². The van der Waals surface area contributed by atoms with Crippen LogP contribution in [-0.2, 0) is 10.0 Å². The molecule has 6 nitrogen and oxygen atoms in total. The third-order valence-corrected chi connectivity index (χ3v) is 6.07. The van der Waals surface area contributed by atoms with E-state index in [0.717, 1.165) is 16.8 Å². The molecule has 3 aromatic rings. The number of carbonyl (C=O) groups excluding carboxylic acids is 1. The summed E-state index contributed by atoms with van der Waals surface area (Å²) >= 11 is 0. The maximum atomic E-state index is 12.7. The van der Waals surface area contributed by atoms with E-state index in [2.05, 4.69) is 10.0 Å². The van der Waals surface area contributed by atoms with Gasteiger partial charge in [-0.1, -0.05) is 18.2 Å². The summed E-state index contributed by atoms with van der Waals surface area (Å²) in [6.45, 7) is 6.27. The molecule has 0 aliphatic carbocycles. The van der Waals surface area contributed by atoms with E-state index in [9.17, 15) is 13.2 Å².